The summed E-state index contributed by atoms with van der Waals surface area (Å²) in [6.45, 7) is 1.24. The molecule has 1 aromatic carbocycles. The summed E-state index contributed by atoms with van der Waals surface area (Å²) in [5.41, 5.74) is -0.197. The molecule has 0 saturated carbocycles. The SMILES string of the molecule is COc1cc(CP(C)(=O)O)ccc1Nc1ncc(C(F)(F)F)c(Cl)n1. The van der Waals surface area contributed by atoms with E-state index in [9.17, 15) is 22.6 Å². The van der Waals surface area contributed by atoms with E-state index in [0.29, 0.717) is 23.2 Å². The lowest BCUT2D eigenvalue weighted by atomic mass is 10.2. The lowest BCUT2D eigenvalue weighted by Gasteiger charge is -2.14. The van der Waals surface area contributed by atoms with Gasteiger partial charge in [0.1, 0.15) is 16.5 Å². The summed E-state index contributed by atoms with van der Waals surface area (Å²) in [4.78, 5) is 16.6. The maximum atomic E-state index is 12.7. The molecule has 0 amide bonds. The van der Waals surface area contributed by atoms with Crippen molar-refractivity contribution in [2.24, 2.45) is 0 Å². The van der Waals surface area contributed by atoms with Crippen molar-refractivity contribution in [2.75, 3.05) is 19.1 Å². The molecule has 2 aromatic rings. The van der Waals surface area contributed by atoms with Gasteiger partial charge in [-0.2, -0.15) is 13.2 Å². The first kappa shape index (κ1) is 19.5. The third-order valence-electron chi connectivity index (χ3n) is 3.04. The number of anilines is 2. The van der Waals surface area contributed by atoms with Crippen LogP contribution >= 0.6 is 19.0 Å². The molecule has 2 N–H and O–H groups in total. The Kier molecular flexibility index (Phi) is 5.61. The molecule has 0 aliphatic rings. The molecule has 0 saturated heterocycles. The quantitative estimate of drug-likeness (QED) is 0.580. The summed E-state index contributed by atoms with van der Waals surface area (Å²) in [6, 6.07) is 4.67. The van der Waals surface area contributed by atoms with Gasteiger partial charge in [-0.1, -0.05) is 17.7 Å². The minimum atomic E-state index is -4.65. The zero-order chi connectivity index (χ0) is 18.8. The summed E-state index contributed by atoms with van der Waals surface area (Å²) in [5, 5.41) is 1.97. The second-order valence-electron chi connectivity index (χ2n) is 5.26. The third kappa shape index (κ3) is 5.32. The second kappa shape index (κ2) is 7.19. The van der Waals surface area contributed by atoms with Crippen molar-refractivity contribution in [3.8, 4) is 5.75 Å². The summed E-state index contributed by atoms with van der Waals surface area (Å²) in [6.07, 6.45) is -4.10. The van der Waals surface area contributed by atoms with Crippen LogP contribution in [0.1, 0.15) is 11.1 Å². The van der Waals surface area contributed by atoms with E-state index in [1.165, 1.54) is 13.8 Å². The number of benzene rings is 1. The summed E-state index contributed by atoms with van der Waals surface area (Å²) in [7, 11) is -1.87. The molecule has 2 rings (SSSR count). The molecule has 1 aromatic heterocycles. The highest BCUT2D eigenvalue weighted by molar-refractivity contribution is 7.56. The van der Waals surface area contributed by atoms with Crippen LogP contribution < -0.4 is 10.1 Å². The predicted octanol–water partition coefficient (Wildman–Crippen LogP) is 4.30. The third-order valence-corrected chi connectivity index (χ3v) is 4.28. The van der Waals surface area contributed by atoms with Crippen molar-refractivity contribution < 1.29 is 27.4 Å². The number of nitrogens with one attached hydrogen (secondary N) is 1. The summed E-state index contributed by atoms with van der Waals surface area (Å²) in [5.74, 6) is 0.165. The molecule has 1 atom stereocenters. The van der Waals surface area contributed by atoms with Gasteiger partial charge in [-0.05, 0) is 17.7 Å². The zero-order valence-corrected chi connectivity index (χ0v) is 14.8. The van der Waals surface area contributed by atoms with E-state index in [1.807, 2.05) is 0 Å². The van der Waals surface area contributed by atoms with Crippen molar-refractivity contribution in [1.82, 2.24) is 9.97 Å². The van der Waals surface area contributed by atoms with Crippen molar-refractivity contribution in [3.63, 3.8) is 0 Å². The van der Waals surface area contributed by atoms with Crippen LogP contribution in [-0.2, 0) is 16.9 Å². The number of aromatic nitrogens is 2. The number of nitrogens with zero attached hydrogens (tertiary/aromatic N) is 2. The van der Waals surface area contributed by atoms with E-state index >= 15 is 0 Å². The van der Waals surface area contributed by atoms with E-state index in [0.717, 1.165) is 0 Å². The minimum Gasteiger partial charge on any atom is -0.495 e. The van der Waals surface area contributed by atoms with Crippen LogP contribution in [0.3, 0.4) is 0 Å². The van der Waals surface area contributed by atoms with Gasteiger partial charge < -0.3 is 14.9 Å². The van der Waals surface area contributed by atoms with Crippen molar-refractivity contribution >= 4 is 30.6 Å². The fourth-order valence-corrected chi connectivity index (χ4v) is 3.12. The molecule has 0 radical (unpaired) electrons. The van der Waals surface area contributed by atoms with Crippen molar-refractivity contribution in [2.45, 2.75) is 12.3 Å². The first-order chi connectivity index (χ1) is 11.5. The normalized spacial score (nSPS) is 14.0. The zero-order valence-electron chi connectivity index (χ0n) is 13.1. The number of ether oxygens (including phenoxy) is 1. The molecule has 0 aliphatic heterocycles. The Balaban J connectivity index is 2.28. The lowest BCUT2D eigenvalue weighted by Crippen LogP contribution is -2.09. The largest absolute Gasteiger partial charge is 0.495 e. The van der Waals surface area contributed by atoms with E-state index < -0.39 is 24.3 Å². The Hall–Kier alpha value is -1.83. The number of methoxy groups -OCH3 is 1. The minimum absolute atomic E-state index is 0.0355. The van der Waals surface area contributed by atoms with E-state index in [4.69, 9.17) is 16.3 Å². The average molecular weight is 396 g/mol. The van der Waals surface area contributed by atoms with Gasteiger partial charge in [-0.25, -0.2) is 9.97 Å². The van der Waals surface area contributed by atoms with Gasteiger partial charge in [-0.3, -0.25) is 4.57 Å². The van der Waals surface area contributed by atoms with Gasteiger partial charge in [0, 0.05) is 19.0 Å². The molecule has 0 bridgehead atoms. The van der Waals surface area contributed by atoms with E-state index in [-0.39, 0.29) is 12.1 Å². The molecule has 11 heteroatoms. The van der Waals surface area contributed by atoms with Crippen LogP contribution in [0, 0.1) is 0 Å². The molecule has 136 valence electrons. The van der Waals surface area contributed by atoms with Crippen LogP contribution in [0.25, 0.3) is 0 Å². The first-order valence-corrected chi connectivity index (χ1v) is 9.49. The van der Waals surface area contributed by atoms with Gasteiger partial charge in [-0.15, -0.1) is 0 Å². The molecule has 0 fully saturated rings. The number of alkyl halides is 3. The van der Waals surface area contributed by atoms with Crippen LogP contribution in [0.5, 0.6) is 5.75 Å². The number of rotatable bonds is 5. The predicted molar refractivity (Wildman–Crippen MR) is 87.8 cm³/mol. The fraction of sp³-hybridized carbons (Fsp3) is 0.286. The molecular formula is C14H14ClF3N3O3P. The summed E-state index contributed by atoms with van der Waals surface area (Å²) >= 11 is 5.55. The molecule has 25 heavy (non-hydrogen) atoms. The summed E-state index contributed by atoms with van der Waals surface area (Å²) < 4.78 is 54.6. The van der Waals surface area contributed by atoms with E-state index in [2.05, 4.69) is 15.3 Å². The van der Waals surface area contributed by atoms with Crippen LogP contribution in [0.4, 0.5) is 24.8 Å². The van der Waals surface area contributed by atoms with Crippen molar-refractivity contribution in [3.05, 3.63) is 40.7 Å². The average Bonchev–Trinajstić information content (AvgIpc) is 2.46. The standard InChI is InChI=1S/C14H14ClF3N3O3P/c1-24-11-5-8(7-25(2,22)23)3-4-10(11)20-13-19-6-9(12(15)21-13)14(16,17)18/h3-6H,7H2,1-2H3,(H,22,23)(H,19,20,21). The smallest absolute Gasteiger partial charge is 0.420 e. The maximum absolute atomic E-state index is 12.7. The van der Waals surface area contributed by atoms with Crippen molar-refractivity contribution in [1.29, 1.82) is 0 Å². The molecule has 0 aliphatic carbocycles. The Morgan fingerprint density at radius 2 is 2.08 bits per heavy atom. The molecular weight excluding hydrogens is 382 g/mol. The van der Waals surface area contributed by atoms with Crippen LogP contribution in [0.2, 0.25) is 5.15 Å². The second-order valence-corrected chi connectivity index (χ2v) is 8.04. The molecule has 6 nitrogen and oxygen atoms in total. The molecule has 0 spiro atoms. The number of hydrogen-bond donors (Lipinski definition) is 2. The Morgan fingerprint density at radius 1 is 1.40 bits per heavy atom. The van der Waals surface area contributed by atoms with Gasteiger partial charge in [0.25, 0.3) is 0 Å². The fourth-order valence-electron chi connectivity index (χ4n) is 2.01. The maximum Gasteiger partial charge on any atom is 0.420 e. The number of halogens is 4. The van der Waals surface area contributed by atoms with E-state index in [1.54, 1.807) is 18.2 Å². The first-order valence-electron chi connectivity index (χ1n) is 6.82. The van der Waals surface area contributed by atoms with Crippen LogP contribution in [-0.4, -0.2) is 28.6 Å². The Labute approximate surface area is 146 Å². The topological polar surface area (TPSA) is 84.3 Å². The van der Waals surface area contributed by atoms with Crippen LogP contribution in [0.15, 0.2) is 24.4 Å². The van der Waals surface area contributed by atoms with Gasteiger partial charge in [0.15, 0.2) is 0 Å². The molecule has 1 unspecified atom stereocenters. The Bertz CT molecular complexity index is 827. The number of hydrogen-bond acceptors (Lipinski definition) is 5. The highest BCUT2D eigenvalue weighted by Crippen LogP contribution is 2.41. The van der Waals surface area contributed by atoms with Gasteiger partial charge in [0.05, 0.1) is 12.8 Å². The monoisotopic (exact) mass is 395 g/mol. The Morgan fingerprint density at radius 3 is 2.60 bits per heavy atom. The van der Waals surface area contributed by atoms with Gasteiger partial charge >= 0.3 is 6.18 Å². The highest BCUT2D eigenvalue weighted by atomic mass is 35.5. The highest BCUT2D eigenvalue weighted by Gasteiger charge is 2.34. The lowest BCUT2D eigenvalue weighted by molar-refractivity contribution is -0.137. The van der Waals surface area contributed by atoms with Gasteiger partial charge in [0.2, 0.25) is 13.3 Å². The molecule has 1 heterocycles.